The van der Waals surface area contributed by atoms with Gasteiger partial charge in [0.1, 0.15) is 5.54 Å². The number of hydrogen-bond acceptors (Lipinski definition) is 3. The Labute approximate surface area is 101 Å². The van der Waals surface area contributed by atoms with Crippen molar-refractivity contribution in [3.63, 3.8) is 0 Å². The summed E-state index contributed by atoms with van der Waals surface area (Å²) in [5.74, 6) is -1.03. The Kier molecular flexibility index (Phi) is 3.12. The second-order valence-electron chi connectivity index (χ2n) is 5.09. The van der Waals surface area contributed by atoms with Gasteiger partial charge in [-0.1, -0.05) is 0 Å². The molecule has 5 heteroatoms. The predicted octanol–water partition coefficient (Wildman–Crippen LogP) is 1.02. The molecule has 96 valence electrons. The van der Waals surface area contributed by atoms with E-state index in [1.165, 1.54) is 6.92 Å². The maximum absolute atomic E-state index is 11.8. The molecule has 0 bridgehead atoms. The molecule has 0 spiro atoms. The maximum atomic E-state index is 11.8. The number of carboxylic acids is 1. The third-order valence-corrected chi connectivity index (χ3v) is 3.65. The molecule has 0 radical (unpaired) electrons. The van der Waals surface area contributed by atoms with E-state index in [1.807, 2.05) is 6.92 Å². The molecule has 5 nitrogen and oxygen atoms in total. The molecule has 1 aliphatic carbocycles. The Bertz CT molecular complexity index is 339. The topological polar surface area (TPSA) is 66.8 Å². The van der Waals surface area contributed by atoms with Crippen LogP contribution >= 0.6 is 0 Å². The van der Waals surface area contributed by atoms with Crippen LogP contribution in [0, 0.1) is 0 Å². The highest BCUT2D eigenvalue weighted by Gasteiger charge is 2.53. The van der Waals surface area contributed by atoms with E-state index in [-0.39, 0.29) is 18.1 Å². The number of carboxylic acid groups (broad SMARTS) is 1. The molecule has 0 aromatic rings. The van der Waals surface area contributed by atoms with Gasteiger partial charge in [0.25, 0.3) is 0 Å². The van der Waals surface area contributed by atoms with E-state index >= 15 is 0 Å². The number of amides is 1. The molecule has 1 amide bonds. The van der Waals surface area contributed by atoms with Crippen molar-refractivity contribution < 1.29 is 19.4 Å². The summed E-state index contributed by atoms with van der Waals surface area (Å²) in [6, 6.07) is 0.119. The molecule has 0 aromatic carbocycles. The number of aliphatic carboxylic acids is 1. The number of rotatable bonds is 3. The fraction of sp³-hybridized carbons (Fsp3) is 0.833. The minimum Gasteiger partial charge on any atom is -0.479 e. The Morgan fingerprint density at radius 1 is 1.41 bits per heavy atom. The van der Waals surface area contributed by atoms with Crippen LogP contribution in [0.2, 0.25) is 0 Å². The second kappa shape index (κ2) is 4.29. The van der Waals surface area contributed by atoms with Gasteiger partial charge in [-0.25, -0.2) is 4.79 Å². The highest BCUT2D eigenvalue weighted by molar-refractivity contribution is 5.86. The Morgan fingerprint density at radius 2 is 2.06 bits per heavy atom. The summed E-state index contributed by atoms with van der Waals surface area (Å²) < 4.78 is 5.41. The van der Waals surface area contributed by atoms with Gasteiger partial charge in [0.2, 0.25) is 5.91 Å². The summed E-state index contributed by atoms with van der Waals surface area (Å²) in [6.07, 6.45) is 2.51. The van der Waals surface area contributed by atoms with E-state index in [0.29, 0.717) is 19.4 Å². The first-order valence-corrected chi connectivity index (χ1v) is 6.12. The third kappa shape index (κ3) is 2.16. The summed E-state index contributed by atoms with van der Waals surface area (Å²) in [6.45, 7) is 3.73. The molecule has 1 aliphatic heterocycles. The van der Waals surface area contributed by atoms with Gasteiger partial charge in [-0.2, -0.15) is 0 Å². The Balaban J connectivity index is 2.31. The molecule has 2 unspecified atom stereocenters. The lowest BCUT2D eigenvalue weighted by Crippen LogP contribution is -2.61. The average Bonchev–Trinajstić information content (AvgIpc) is 3.01. The van der Waals surface area contributed by atoms with E-state index in [9.17, 15) is 14.7 Å². The zero-order chi connectivity index (χ0) is 12.6. The summed E-state index contributed by atoms with van der Waals surface area (Å²) in [7, 11) is 0. The van der Waals surface area contributed by atoms with E-state index in [0.717, 1.165) is 12.8 Å². The molecule has 0 aromatic heterocycles. The normalized spacial score (nSPS) is 33.2. The van der Waals surface area contributed by atoms with E-state index < -0.39 is 11.5 Å². The lowest BCUT2D eigenvalue weighted by Gasteiger charge is -2.44. The highest BCUT2D eigenvalue weighted by atomic mass is 16.5. The molecular weight excluding hydrogens is 222 g/mol. The van der Waals surface area contributed by atoms with E-state index in [1.54, 1.807) is 4.90 Å². The van der Waals surface area contributed by atoms with Crippen LogP contribution in [0.15, 0.2) is 0 Å². The zero-order valence-corrected chi connectivity index (χ0v) is 10.3. The third-order valence-electron chi connectivity index (χ3n) is 3.65. The van der Waals surface area contributed by atoms with Crippen LogP contribution in [0.3, 0.4) is 0 Å². The summed E-state index contributed by atoms with van der Waals surface area (Å²) in [5.41, 5.74) is -1.05. The van der Waals surface area contributed by atoms with Crippen LogP contribution in [0.25, 0.3) is 0 Å². The molecule has 2 rings (SSSR count). The minimum absolute atomic E-state index is 0.111. The van der Waals surface area contributed by atoms with Gasteiger partial charge >= 0.3 is 5.97 Å². The van der Waals surface area contributed by atoms with Crippen molar-refractivity contribution in [2.45, 2.75) is 57.2 Å². The van der Waals surface area contributed by atoms with Gasteiger partial charge in [0.05, 0.1) is 6.10 Å². The zero-order valence-electron chi connectivity index (χ0n) is 10.3. The average molecular weight is 241 g/mol. The van der Waals surface area contributed by atoms with Crippen LogP contribution < -0.4 is 0 Å². The van der Waals surface area contributed by atoms with Crippen LogP contribution in [0.4, 0.5) is 0 Å². The van der Waals surface area contributed by atoms with E-state index in [4.69, 9.17) is 4.74 Å². The van der Waals surface area contributed by atoms with Gasteiger partial charge in [0, 0.05) is 32.4 Å². The van der Waals surface area contributed by atoms with Gasteiger partial charge < -0.3 is 14.7 Å². The van der Waals surface area contributed by atoms with Crippen molar-refractivity contribution >= 4 is 11.9 Å². The van der Waals surface area contributed by atoms with Crippen LogP contribution in [0.5, 0.6) is 0 Å². The first kappa shape index (κ1) is 12.4. The van der Waals surface area contributed by atoms with Crippen molar-refractivity contribution in [1.29, 1.82) is 0 Å². The second-order valence-corrected chi connectivity index (χ2v) is 5.09. The molecular formula is C12H19NO4. The molecule has 1 saturated carbocycles. The van der Waals surface area contributed by atoms with Gasteiger partial charge in [-0.15, -0.1) is 0 Å². The van der Waals surface area contributed by atoms with Crippen molar-refractivity contribution in [3.8, 4) is 0 Å². The molecule has 17 heavy (non-hydrogen) atoms. The van der Waals surface area contributed by atoms with Crippen molar-refractivity contribution in [2.24, 2.45) is 0 Å². The summed E-state index contributed by atoms with van der Waals surface area (Å²) >= 11 is 0. The molecule has 2 fully saturated rings. The number of hydrogen-bond donors (Lipinski definition) is 1. The monoisotopic (exact) mass is 241 g/mol. The number of ether oxygens (including phenoxy) is 1. The van der Waals surface area contributed by atoms with Gasteiger partial charge in [-0.3, -0.25) is 4.79 Å². The number of carbonyl (C=O) groups is 2. The van der Waals surface area contributed by atoms with Crippen molar-refractivity contribution in [1.82, 2.24) is 4.90 Å². The molecule has 2 aliphatic rings. The van der Waals surface area contributed by atoms with Crippen molar-refractivity contribution in [3.05, 3.63) is 0 Å². The lowest BCUT2D eigenvalue weighted by atomic mass is 9.84. The number of carbonyl (C=O) groups excluding carboxylic acids is 1. The first-order valence-electron chi connectivity index (χ1n) is 6.12. The van der Waals surface area contributed by atoms with Crippen molar-refractivity contribution in [2.75, 3.05) is 6.61 Å². The predicted molar refractivity (Wildman–Crippen MR) is 60.6 cm³/mol. The van der Waals surface area contributed by atoms with Crippen LogP contribution in [-0.2, 0) is 14.3 Å². The Hall–Kier alpha value is -1.10. The lowest BCUT2D eigenvalue weighted by molar-refractivity contribution is -0.170. The molecule has 1 N–H and O–H groups in total. The minimum atomic E-state index is -1.05. The van der Waals surface area contributed by atoms with E-state index in [2.05, 4.69) is 0 Å². The summed E-state index contributed by atoms with van der Waals surface area (Å²) in [4.78, 5) is 25.0. The molecule has 2 atom stereocenters. The standard InChI is InChI=1S/C12H19NO4/c1-8-7-12(11(15)16,5-6-17-8)13(9(2)14)10-3-4-10/h8,10H,3-7H2,1-2H3,(H,15,16). The highest BCUT2D eigenvalue weighted by Crippen LogP contribution is 2.39. The fourth-order valence-corrected chi connectivity index (χ4v) is 2.82. The quantitative estimate of drug-likeness (QED) is 0.801. The summed E-state index contributed by atoms with van der Waals surface area (Å²) in [5, 5.41) is 9.55. The van der Waals surface area contributed by atoms with Crippen LogP contribution in [-0.4, -0.2) is 46.2 Å². The first-order chi connectivity index (χ1) is 7.97. The largest absolute Gasteiger partial charge is 0.479 e. The fourth-order valence-electron chi connectivity index (χ4n) is 2.82. The molecule has 1 saturated heterocycles. The maximum Gasteiger partial charge on any atom is 0.329 e. The smallest absolute Gasteiger partial charge is 0.329 e. The van der Waals surface area contributed by atoms with Gasteiger partial charge in [0.15, 0.2) is 0 Å². The molecule has 1 heterocycles. The SMILES string of the molecule is CC(=O)N(C1CC1)C1(C(=O)O)CCOC(C)C1. The Morgan fingerprint density at radius 3 is 2.47 bits per heavy atom. The van der Waals surface area contributed by atoms with Gasteiger partial charge in [-0.05, 0) is 19.8 Å². The van der Waals surface area contributed by atoms with Crippen LogP contribution in [0.1, 0.15) is 39.5 Å². The number of nitrogens with zero attached hydrogens (tertiary/aromatic N) is 1.